The molecule has 0 unspecified atom stereocenters. The number of hydrogen-bond acceptors (Lipinski definition) is 4. The second kappa shape index (κ2) is 6.19. The summed E-state index contributed by atoms with van der Waals surface area (Å²) < 4.78 is 13.3. The second-order valence-electron chi connectivity index (χ2n) is 6.38. The summed E-state index contributed by atoms with van der Waals surface area (Å²) in [4.78, 5) is 16.3. The summed E-state index contributed by atoms with van der Waals surface area (Å²) in [6.07, 6.45) is 2.43. The Morgan fingerprint density at radius 2 is 1.83 bits per heavy atom. The normalized spacial score (nSPS) is 17.9. The minimum absolute atomic E-state index is 0.121. The number of halogens is 1. The fourth-order valence-electron chi connectivity index (χ4n) is 3.04. The molecular weight excluding hydrogens is 307 g/mol. The van der Waals surface area contributed by atoms with E-state index in [0.717, 1.165) is 11.5 Å². The molecule has 1 aromatic heterocycles. The largest absolute Gasteiger partial charge is 0.352 e. The van der Waals surface area contributed by atoms with Gasteiger partial charge in [0.2, 0.25) is 0 Å². The fourth-order valence-corrected chi connectivity index (χ4v) is 3.04. The van der Waals surface area contributed by atoms with Crippen LogP contribution >= 0.6 is 0 Å². The van der Waals surface area contributed by atoms with Crippen molar-refractivity contribution in [3.63, 3.8) is 0 Å². The number of rotatable bonds is 3. The van der Waals surface area contributed by atoms with Crippen LogP contribution in [0.25, 0.3) is 0 Å². The van der Waals surface area contributed by atoms with Gasteiger partial charge < -0.3 is 9.80 Å². The van der Waals surface area contributed by atoms with Crippen molar-refractivity contribution >= 4 is 11.7 Å². The fraction of sp³-hybridized carbons (Fsp3) is 0.389. The van der Waals surface area contributed by atoms with Crippen molar-refractivity contribution in [2.24, 2.45) is 0 Å². The van der Waals surface area contributed by atoms with Crippen LogP contribution in [-0.2, 0) is 0 Å². The van der Waals surface area contributed by atoms with Crippen LogP contribution in [0.1, 0.15) is 34.8 Å². The van der Waals surface area contributed by atoms with Gasteiger partial charge in [-0.1, -0.05) is 6.07 Å². The van der Waals surface area contributed by atoms with Crippen LogP contribution in [0, 0.1) is 5.82 Å². The molecule has 1 aliphatic heterocycles. The lowest BCUT2D eigenvalue weighted by atomic mass is 10.1. The number of carbonyl (C=O) groups is 1. The summed E-state index contributed by atoms with van der Waals surface area (Å²) in [5, 5.41) is 8.64. The van der Waals surface area contributed by atoms with E-state index < -0.39 is 0 Å². The maximum atomic E-state index is 13.3. The van der Waals surface area contributed by atoms with Crippen LogP contribution in [0.3, 0.4) is 0 Å². The van der Waals surface area contributed by atoms with Gasteiger partial charge in [0, 0.05) is 37.7 Å². The molecule has 1 aromatic carbocycles. The summed E-state index contributed by atoms with van der Waals surface area (Å²) in [6, 6.07) is 9.93. The van der Waals surface area contributed by atoms with Crippen molar-refractivity contribution in [2.75, 3.05) is 31.1 Å². The minimum atomic E-state index is -0.384. The lowest BCUT2D eigenvalue weighted by Crippen LogP contribution is -2.49. The molecule has 2 aliphatic rings. The Labute approximate surface area is 140 Å². The minimum Gasteiger partial charge on any atom is -0.352 e. The molecular formula is C18H19FN4O. The number of piperazine rings is 1. The zero-order valence-electron chi connectivity index (χ0n) is 13.4. The van der Waals surface area contributed by atoms with Gasteiger partial charge in [-0.15, -0.1) is 5.10 Å². The molecule has 1 saturated carbocycles. The summed E-state index contributed by atoms with van der Waals surface area (Å²) in [5.41, 5.74) is 1.48. The van der Waals surface area contributed by atoms with E-state index in [0.29, 0.717) is 37.7 Å². The number of amides is 1. The molecule has 0 N–H and O–H groups in total. The highest BCUT2D eigenvalue weighted by Crippen LogP contribution is 2.38. The Balaban J connectivity index is 1.38. The molecule has 4 rings (SSSR count). The van der Waals surface area contributed by atoms with Gasteiger partial charge in [-0.05, 0) is 43.2 Å². The molecule has 2 aromatic rings. The SMILES string of the molecule is O=C(c1cccc(F)c1)N1CCN(c2ccc(C3CC3)nn2)CC1. The highest BCUT2D eigenvalue weighted by atomic mass is 19.1. The number of aromatic nitrogens is 2. The summed E-state index contributed by atoms with van der Waals surface area (Å²) in [6.45, 7) is 2.61. The third-order valence-electron chi connectivity index (χ3n) is 4.63. The van der Waals surface area contributed by atoms with Crippen LogP contribution < -0.4 is 4.90 Å². The van der Waals surface area contributed by atoms with Crippen molar-refractivity contribution in [2.45, 2.75) is 18.8 Å². The van der Waals surface area contributed by atoms with Crippen LogP contribution in [0.2, 0.25) is 0 Å². The Hall–Kier alpha value is -2.50. The van der Waals surface area contributed by atoms with Crippen molar-refractivity contribution in [1.82, 2.24) is 15.1 Å². The van der Waals surface area contributed by atoms with E-state index in [2.05, 4.69) is 21.2 Å². The van der Waals surface area contributed by atoms with Gasteiger partial charge in [0.1, 0.15) is 5.82 Å². The molecule has 124 valence electrons. The first-order valence-electron chi connectivity index (χ1n) is 8.34. The predicted octanol–water partition coefficient (Wildman–Crippen LogP) is 2.46. The Bertz CT molecular complexity index is 737. The number of nitrogens with zero attached hydrogens (tertiary/aromatic N) is 4. The maximum Gasteiger partial charge on any atom is 0.254 e. The zero-order chi connectivity index (χ0) is 16.5. The number of anilines is 1. The van der Waals surface area contributed by atoms with Crippen molar-refractivity contribution in [3.8, 4) is 0 Å². The number of benzene rings is 1. The topological polar surface area (TPSA) is 49.3 Å². The third kappa shape index (κ3) is 3.09. The highest BCUT2D eigenvalue weighted by Gasteiger charge is 2.26. The summed E-state index contributed by atoms with van der Waals surface area (Å²) >= 11 is 0. The van der Waals surface area contributed by atoms with E-state index >= 15 is 0 Å². The summed E-state index contributed by atoms with van der Waals surface area (Å²) in [7, 11) is 0. The van der Waals surface area contributed by atoms with E-state index in [1.165, 1.54) is 25.0 Å². The average molecular weight is 326 g/mol. The first-order valence-corrected chi connectivity index (χ1v) is 8.34. The van der Waals surface area contributed by atoms with E-state index in [9.17, 15) is 9.18 Å². The van der Waals surface area contributed by atoms with Crippen LogP contribution in [0.15, 0.2) is 36.4 Å². The first-order chi connectivity index (χ1) is 11.7. The third-order valence-corrected chi connectivity index (χ3v) is 4.63. The predicted molar refractivity (Wildman–Crippen MR) is 88.5 cm³/mol. The average Bonchev–Trinajstić information content (AvgIpc) is 3.47. The Kier molecular flexibility index (Phi) is 3.88. The van der Waals surface area contributed by atoms with Crippen LogP contribution in [-0.4, -0.2) is 47.2 Å². The maximum absolute atomic E-state index is 13.3. The van der Waals surface area contributed by atoms with Gasteiger partial charge in [0.15, 0.2) is 5.82 Å². The molecule has 0 radical (unpaired) electrons. The Morgan fingerprint density at radius 1 is 1.04 bits per heavy atom. The summed E-state index contributed by atoms with van der Waals surface area (Å²) in [5.74, 6) is 0.958. The van der Waals surface area contributed by atoms with E-state index in [4.69, 9.17) is 0 Å². The standard InChI is InChI=1S/C18H19FN4O/c19-15-3-1-2-14(12-15)18(24)23-10-8-22(9-11-23)17-7-6-16(20-21-17)13-4-5-13/h1-3,6-7,12-13H,4-5,8-11H2. The monoisotopic (exact) mass is 326 g/mol. The number of hydrogen-bond donors (Lipinski definition) is 0. The molecule has 0 atom stereocenters. The molecule has 0 spiro atoms. The Morgan fingerprint density at radius 3 is 2.46 bits per heavy atom. The van der Waals surface area contributed by atoms with Gasteiger partial charge in [-0.2, -0.15) is 5.10 Å². The number of carbonyl (C=O) groups excluding carboxylic acids is 1. The zero-order valence-corrected chi connectivity index (χ0v) is 13.4. The molecule has 0 bridgehead atoms. The van der Waals surface area contributed by atoms with Crippen LogP contribution in [0.5, 0.6) is 0 Å². The molecule has 1 aliphatic carbocycles. The second-order valence-corrected chi connectivity index (χ2v) is 6.38. The smallest absolute Gasteiger partial charge is 0.254 e. The molecule has 1 amide bonds. The molecule has 2 fully saturated rings. The molecule has 5 nitrogen and oxygen atoms in total. The van der Waals surface area contributed by atoms with Gasteiger partial charge in [-0.3, -0.25) is 4.79 Å². The molecule has 2 heterocycles. The molecule has 1 saturated heterocycles. The molecule has 24 heavy (non-hydrogen) atoms. The highest BCUT2D eigenvalue weighted by molar-refractivity contribution is 5.94. The quantitative estimate of drug-likeness (QED) is 0.869. The van der Waals surface area contributed by atoms with Crippen LogP contribution in [0.4, 0.5) is 10.2 Å². The van der Waals surface area contributed by atoms with Gasteiger partial charge >= 0.3 is 0 Å². The first kappa shape index (κ1) is 15.1. The van der Waals surface area contributed by atoms with Crippen molar-refractivity contribution in [1.29, 1.82) is 0 Å². The lowest BCUT2D eigenvalue weighted by molar-refractivity contribution is 0.0746. The van der Waals surface area contributed by atoms with E-state index in [1.54, 1.807) is 17.0 Å². The molecule has 6 heteroatoms. The van der Waals surface area contributed by atoms with Crippen molar-refractivity contribution < 1.29 is 9.18 Å². The van der Waals surface area contributed by atoms with Gasteiger partial charge in [0.05, 0.1) is 5.69 Å². The van der Waals surface area contributed by atoms with Gasteiger partial charge in [-0.25, -0.2) is 4.39 Å². The van der Waals surface area contributed by atoms with E-state index in [1.807, 2.05) is 6.07 Å². The van der Waals surface area contributed by atoms with Gasteiger partial charge in [0.25, 0.3) is 5.91 Å². The van der Waals surface area contributed by atoms with E-state index in [-0.39, 0.29) is 11.7 Å². The lowest BCUT2D eigenvalue weighted by Gasteiger charge is -2.35. The van der Waals surface area contributed by atoms with Crippen molar-refractivity contribution in [3.05, 3.63) is 53.5 Å².